The number of hydrogen-bond donors (Lipinski definition) is 1. The van der Waals surface area contributed by atoms with Gasteiger partial charge in [0, 0.05) is 56.7 Å². The van der Waals surface area contributed by atoms with Gasteiger partial charge in [0.15, 0.2) is 0 Å². The van der Waals surface area contributed by atoms with Crippen LogP contribution < -0.4 is 5.73 Å². The molecule has 1 aromatic heterocycles. The van der Waals surface area contributed by atoms with Crippen molar-refractivity contribution >= 4 is 5.91 Å². The van der Waals surface area contributed by atoms with Crippen LogP contribution in [0.3, 0.4) is 0 Å². The van der Waals surface area contributed by atoms with Crippen LogP contribution in [0, 0.1) is 5.92 Å². The summed E-state index contributed by atoms with van der Waals surface area (Å²) < 4.78 is 7.87. The van der Waals surface area contributed by atoms with Gasteiger partial charge in [0.2, 0.25) is 5.91 Å². The summed E-state index contributed by atoms with van der Waals surface area (Å²) in [5.74, 6) is 0.134. The van der Waals surface area contributed by atoms with Crippen LogP contribution in [-0.2, 0) is 23.2 Å². The Morgan fingerprint density at radius 2 is 1.94 bits per heavy atom. The first-order chi connectivity index (χ1) is 15.0. The Labute approximate surface area is 186 Å². The molecule has 2 atom stereocenters. The van der Waals surface area contributed by atoms with Gasteiger partial charge >= 0.3 is 0 Å². The highest BCUT2D eigenvalue weighted by Gasteiger charge is 2.38. The Bertz CT molecular complexity index is 889. The predicted molar refractivity (Wildman–Crippen MR) is 123 cm³/mol. The summed E-state index contributed by atoms with van der Waals surface area (Å²) in [6.45, 7) is 13.6. The summed E-state index contributed by atoms with van der Waals surface area (Å²) in [5.41, 5.74) is 8.79. The van der Waals surface area contributed by atoms with E-state index in [0.717, 1.165) is 65.4 Å². The number of ether oxygens (including phenoxy) is 1. The van der Waals surface area contributed by atoms with Crippen molar-refractivity contribution < 1.29 is 9.53 Å². The van der Waals surface area contributed by atoms with Crippen molar-refractivity contribution in [2.24, 2.45) is 11.7 Å². The first-order valence-corrected chi connectivity index (χ1v) is 11.5. The molecule has 6 nitrogen and oxygen atoms in total. The summed E-state index contributed by atoms with van der Waals surface area (Å²) >= 11 is 0. The maximum atomic E-state index is 11.6. The van der Waals surface area contributed by atoms with Crippen LogP contribution in [0.15, 0.2) is 42.6 Å². The van der Waals surface area contributed by atoms with Gasteiger partial charge in [-0.1, -0.05) is 26.0 Å². The minimum absolute atomic E-state index is 0.0558. The molecule has 2 aliphatic heterocycles. The van der Waals surface area contributed by atoms with Gasteiger partial charge in [-0.3, -0.25) is 14.6 Å². The molecule has 1 aromatic carbocycles. The van der Waals surface area contributed by atoms with Crippen molar-refractivity contribution in [3.63, 3.8) is 0 Å². The molecule has 4 rings (SSSR count). The van der Waals surface area contributed by atoms with Crippen molar-refractivity contribution in [3.05, 3.63) is 59.4 Å². The van der Waals surface area contributed by atoms with Crippen molar-refractivity contribution in [2.45, 2.75) is 38.8 Å². The Morgan fingerprint density at radius 1 is 1.13 bits per heavy atom. The molecule has 31 heavy (non-hydrogen) atoms. The van der Waals surface area contributed by atoms with E-state index in [1.54, 1.807) is 6.07 Å². The second-order valence-electron chi connectivity index (χ2n) is 9.40. The van der Waals surface area contributed by atoms with Crippen LogP contribution >= 0.6 is 0 Å². The second kappa shape index (κ2) is 9.55. The van der Waals surface area contributed by atoms with E-state index in [4.69, 9.17) is 10.5 Å². The third kappa shape index (κ3) is 5.03. The van der Waals surface area contributed by atoms with Gasteiger partial charge in [0.05, 0.1) is 13.2 Å². The number of hydrogen-bond acceptors (Lipinski definition) is 4. The second-order valence-corrected chi connectivity index (χ2v) is 9.40. The van der Waals surface area contributed by atoms with E-state index in [1.807, 2.05) is 12.1 Å². The number of carbonyl (C=O) groups is 1. The van der Waals surface area contributed by atoms with Crippen molar-refractivity contribution in [3.8, 4) is 0 Å². The summed E-state index contributed by atoms with van der Waals surface area (Å²) in [6.07, 6.45) is 3.29. The van der Waals surface area contributed by atoms with E-state index in [9.17, 15) is 4.79 Å². The minimum atomic E-state index is -0.353. The van der Waals surface area contributed by atoms with Gasteiger partial charge < -0.3 is 15.0 Å². The molecule has 6 heteroatoms. The fourth-order valence-corrected chi connectivity index (χ4v) is 5.03. The Kier molecular flexibility index (Phi) is 6.80. The number of piperidine rings is 1. The van der Waals surface area contributed by atoms with Gasteiger partial charge in [-0.15, -0.1) is 0 Å². The lowest BCUT2D eigenvalue weighted by Gasteiger charge is -2.45. The molecular formula is C25H36N4O2. The average molecular weight is 425 g/mol. The van der Waals surface area contributed by atoms with Crippen LogP contribution in [0.25, 0.3) is 0 Å². The van der Waals surface area contributed by atoms with E-state index in [2.05, 4.69) is 52.6 Å². The van der Waals surface area contributed by atoms with Crippen molar-refractivity contribution in [1.29, 1.82) is 0 Å². The summed E-state index contributed by atoms with van der Waals surface area (Å²) in [6, 6.07) is 12.3. The number of carbonyl (C=O) groups excluding carboxylic acids is 1. The first kappa shape index (κ1) is 22.1. The summed E-state index contributed by atoms with van der Waals surface area (Å²) in [5, 5.41) is 0. The normalized spacial score (nSPS) is 25.5. The lowest BCUT2D eigenvalue weighted by molar-refractivity contribution is 0.0361. The van der Waals surface area contributed by atoms with E-state index in [-0.39, 0.29) is 11.3 Å². The number of aromatic nitrogens is 1. The van der Waals surface area contributed by atoms with Crippen molar-refractivity contribution in [2.75, 3.05) is 45.9 Å². The van der Waals surface area contributed by atoms with Gasteiger partial charge in [0.1, 0.15) is 0 Å². The topological polar surface area (TPSA) is 63.7 Å². The zero-order valence-electron chi connectivity index (χ0n) is 18.9. The molecular weight excluding hydrogens is 388 g/mol. The zero-order chi connectivity index (χ0) is 21.8. The molecule has 2 saturated heterocycles. The van der Waals surface area contributed by atoms with E-state index >= 15 is 0 Å². The molecule has 0 aliphatic carbocycles. The molecule has 0 spiro atoms. The number of rotatable bonds is 7. The lowest BCUT2D eigenvalue weighted by Crippen LogP contribution is -2.47. The van der Waals surface area contributed by atoms with Crippen LogP contribution in [0.1, 0.15) is 41.9 Å². The monoisotopic (exact) mass is 424 g/mol. The smallest absolute Gasteiger partial charge is 0.248 e. The Morgan fingerprint density at radius 3 is 2.68 bits per heavy atom. The maximum absolute atomic E-state index is 11.6. The molecule has 2 N–H and O–H groups in total. The minimum Gasteiger partial charge on any atom is -0.379 e. The molecule has 2 aromatic rings. The predicted octanol–water partition coefficient (Wildman–Crippen LogP) is 2.72. The highest BCUT2D eigenvalue weighted by molar-refractivity contribution is 5.92. The highest BCUT2D eigenvalue weighted by Crippen LogP contribution is 2.40. The number of likely N-dealkylation sites (tertiary alicyclic amines) is 1. The molecule has 3 heterocycles. The molecule has 0 unspecified atom stereocenters. The number of morpholine rings is 1. The molecule has 0 saturated carbocycles. The quantitative estimate of drug-likeness (QED) is 0.742. The molecule has 2 fully saturated rings. The number of primary amides is 1. The Balaban J connectivity index is 1.37. The number of benzene rings is 1. The summed E-state index contributed by atoms with van der Waals surface area (Å²) in [4.78, 5) is 16.7. The van der Waals surface area contributed by atoms with Crippen LogP contribution in [-0.4, -0.2) is 66.2 Å². The van der Waals surface area contributed by atoms with E-state index < -0.39 is 0 Å². The zero-order valence-corrected chi connectivity index (χ0v) is 18.9. The van der Waals surface area contributed by atoms with E-state index in [1.165, 1.54) is 11.3 Å². The molecule has 168 valence electrons. The highest BCUT2D eigenvalue weighted by atomic mass is 16.5. The first-order valence-electron chi connectivity index (χ1n) is 11.5. The van der Waals surface area contributed by atoms with Crippen LogP contribution in [0.2, 0.25) is 0 Å². The molecule has 1 amide bonds. The number of nitrogens with two attached hydrogens (primary N) is 1. The third-order valence-corrected chi connectivity index (χ3v) is 7.44. The van der Waals surface area contributed by atoms with E-state index in [0.29, 0.717) is 11.5 Å². The van der Waals surface area contributed by atoms with Crippen LogP contribution in [0.4, 0.5) is 0 Å². The number of nitrogens with zero attached hydrogens (tertiary/aromatic N) is 3. The largest absolute Gasteiger partial charge is 0.379 e. The average Bonchev–Trinajstić information content (AvgIpc) is 3.22. The molecule has 2 aliphatic rings. The third-order valence-electron chi connectivity index (χ3n) is 7.44. The fourth-order valence-electron chi connectivity index (χ4n) is 5.03. The lowest BCUT2D eigenvalue weighted by atomic mass is 9.68. The SMILES string of the molecule is C[C@H]1CN(Cc2cccn2CCN2CCOCC2)CC[C@@]1(C)c1cccc(C(N)=O)c1. The molecule has 0 radical (unpaired) electrons. The number of amides is 1. The van der Waals surface area contributed by atoms with Crippen molar-refractivity contribution in [1.82, 2.24) is 14.4 Å². The fraction of sp³-hybridized carbons (Fsp3) is 0.560. The Hall–Kier alpha value is -2.15. The van der Waals surface area contributed by atoms with Gasteiger partial charge in [0.25, 0.3) is 0 Å². The van der Waals surface area contributed by atoms with Gasteiger partial charge in [-0.2, -0.15) is 0 Å². The van der Waals surface area contributed by atoms with Gasteiger partial charge in [-0.05, 0) is 54.1 Å². The van der Waals surface area contributed by atoms with Gasteiger partial charge in [-0.25, -0.2) is 0 Å². The standard InChI is InChI=1S/C25H36N4O2/c1-20-18-28(10-8-25(20,2)22-6-3-5-21(17-22)24(26)30)19-23-7-4-9-29(23)12-11-27-13-15-31-16-14-27/h3-7,9,17,20H,8,10-16,18-19H2,1-2H3,(H2,26,30)/t20-,25+/m0/s1. The van der Waals surface area contributed by atoms with Crippen LogP contribution in [0.5, 0.6) is 0 Å². The molecule has 0 bridgehead atoms. The summed E-state index contributed by atoms with van der Waals surface area (Å²) in [7, 11) is 0. The maximum Gasteiger partial charge on any atom is 0.248 e.